The Hall–Kier alpha value is -2.65. The van der Waals surface area contributed by atoms with Gasteiger partial charge in [-0.15, -0.1) is 0 Å². The van der Waals surface area contributed by atoms with Gasteiger partial charge in [-0.2, -0.15) is 0 Å². The molecule has 8 heteroatoms. The number of carbonyl (C=O) groups excluding carboxylic acids is 1. The second-order valence-electron chi connectivity index (χ2n) is 11.2. The molecular formula is C32H46O8. The molecule has 1 aliphatic heterocycles. The first-order valence-corrected chi connectivity index (χ1v) is 14.4. The van der Waals surface area contributed by atoms with Crippen molar-refractivity contribution in [3.63, 3.8) is 0 Å². The van der Waals surface area contributed by atoms with E-state index in [4.69, 9.17) is 18.9 Å². The van der Waals surface area contributed by atoms with Gasteiger partial charge in [0, 0.05) is 25.4 Å². The lowest BCUT2D eigenvalue weighted by atomic mass is 9.90. The maximum Gasteiger partial charge on any atom is 0.339 e. The van der Waals surface area contributed by atoms with E-state index in [1.54, 1.807) is 30.3 Å². The van der Waals surface area contributed by atoms with E-state index >= 15 is 0 Å². The van der Waals surface area contributed by atoms with E-state index in [0.29, 0.717) is 54.8 Å². The number of fused-ring (bicyclic) bond motifs is 1. The lowest BCUT2D eigenvalue weighted by molar-refractivity contribution is -0.141. The lowest BCUT2D eigenvalue weighted by Crippen LogP contribution is -2.31. The van der Waals surface area contributed by atoms with Crippen molar-refractivity contribution in [2.75, 3.05) is 19.8 Å². The topological polar surface area (TPSA) is 115 Å². The van der Waals surface area contributed by atoms with Crippen LogP contribution in [0.25, 0.3) is 5.57 Å². The fourth-order valence-corrected chi connectivity index (χ4v) is 4.93. The second-order valence-corrected chi connectivity index (χ2v) is 11.2. The lowest BCUT2D eigenvalue weighted by Gasteiger charge is -2.29. The van der Waals surface area contributed by atoms with Crippen molar-refractivity contribution >= 4 is 11.5 Å². The third-order valence-corrected chi connectivity index (χ3v) is 7.24. The number of aliphatic hydroxyl groups is 3. The highest BCUT2D eigenvalue weighted by Crippen LogP contribution is 2.32. The molecule has 5 atom stereocenters. The summed E-state index contributed by atoms with van der Waals surface area (Å²) >= 11 is 0. The minimum absolute atomic E-state index is 0.121. The Kier molecular flexibility index (Phi) is 12.3. The molecule has 0 spiro atoms. The minimum atomic E-state index is -0.820. The number of hydrogen-bond donors (Lipinski definition) is 3. The molecule has 2 aliphatic rings. The van der Waals surface area contributed by atoms with E-state index < -0.39 is 30.4 Å². The number of hydrogen-bond acceptors (Lipinski definition) is 8. The van der Waals surface area contributed by atoms with Gasteiger partial charge in [-0.05, 0) is 48.1 Å². The summed E-state index contributed by atoms with van der Waals surface area (Å²) < 4.78 is 23.1. The summed E-state index contributed by atoms with van der Waals surface area (Å²) in [4.78, 5) is 12.8. The summed E-state index contributed by atoms with van der Waals surface area (Å²) in [5.41, 5.74) is 1.20. The van der Waals surface area contributed by atoms with Crippen molar-refractivity contribution in [2.24, 2.45) is 17.8 Å². The molecule has 0 saturated heterocycles. The van der Waals surface area contributed by atoms with Crippen LogP contribution in [0.4, 0.5) is 0 Å². The van der Waals surface area contributed by atoms with Crippen LogP contribution in [0.3, 0.4) is 0 Å². The number of benzene rings is 1. The monoisotopic (exact) mass is 558 g/mol. The van der Waals surface area contributed by atoms with Crippen molar-refractivity contribution in [1.29, 1.82) is 0 Å². The van der Waals surface area contributed by atoms with Crippen LogP contribution in [0.15, 0.2) is 54.3 Å². The Morgan fingerprint density at radius 1 is 0.900 bits per heavy atom. The molecule has 0 radical (unpaired) electrons. The summed E-state index contributed by atoms with van der Waals surface area (Å²) in [5, 5.41) is 29.9. The van der Waals surface area contributed by atoms with E-state index in [9.17, 15) is 20.1 Å². The molecule has 5 unspecified atom stereocenters. The summed E-state index contributed by atoms with van der Waals surface area (Å²) in [7, 11) is 0. The van der Waals surface area contributed by atoms with Gasteiger partial charge >= 0.3 is 5.97 Å². The standard InChI is InChI=1S/C32H46O8/c1-6-28(34)29(35)14-16-37-25-10-7-22(8-11-25)27-17-23-9-12-26(18-30(23)40-32(27)36)39-19-24(33)13-15-38-31(20(2)3)21(4)5/h7-12,17-18,20-21,23-24,28-31,33-35H,6,13-16,19H2,1-5H3. The zero-order valence-corrected chi connectivity index (χ0v) is 24.4. The largest absolute Gasteiger partial charge is 0.493 e. The zero-order valence-electron chi connectivity index (χ0n) is 24.4. The molecular weight excluding hydrogens is 512 g/mol. The molecule has 1 heterocycles. The van der Waals surface area contributed by atoms with Gasteiger partial charge in [0.2, 0.25) is 0 Å². The third kappa shape index (κ3) is 9.20. The molecule has 0 amide bonds. The molecule has 222 valence electrons. The predicted octanol–water partition coefficient (Wildman–Crippen LogP) is 4.43. The number of allylic oxidation sites excluding steroid dienone is 1. The Morgan fingerprint density at radius 3 is 2.25 bits per heavy atom. The molecule has 0 bridgehead atoms. The summed E-state index contributed by atoms with van der Waals surface area (Å²) in [6, 6.07) is 7.13. The van der Waals surface area contributed by atoms with Crippen molar-refractivity contribution < 1.29 is 39.1 Å². The number of aliphatic hydroxyl groups excluding tert-OH is 3. The van der Waals surface area contributed by atoms with E-state index in [2.05, 4.69) is 27.7 Å². The molecule has 0 fully saturated rings. The van der Waals surface area contributed by atoms with Crippen molar-refractivity contribution in [3.8, 4) is 5.75 Å². The van der Waals surface area contributed by atoms with Crippen LogP contribution >= 0.6 is 0 Å². The molecule has 1 aliphatic carbocycles. The Labute approximate surface area is 238 Å². The van der Waals surface area contributed by atoms with Crippen LogP contribution in [-0.4, -0.2) is 71.6 Å². The maximum atomic E-state index is 12.8. The third-order valence-electron chi connectivity index (χ3n) is 7.24. The van der Waals surface area contributed by atoms with Crippen LogP contribution < -0.4 is 4.74 Å². The van der Waals surface area contributed by atoms with Crippen molar-refractivity contribution in [1.82, 2.24) is 0 Å². The Bertz CT molecular complexity index is 1020. The first-order valence-electron chi connectivity index (χ1n) is 14.4. The second kappa shape index (κ2) is 15.4. The van der Waals surface area contributed by atoms with Crippen molar-refractivity contribution in [3.05, 3.63) is 59.9 Å². The van der Waals surface area contributed by atoms with Gasteiger partial charge in [-0.1, -0.05) is 58.9 Å². The maximum absolute atomic E-state index is 12.8. The normalized spacial score (nSPS) is 21.0. The summed E-state index contributed by atoms with van der Waals surface area (Å²) in [6.45, 7) is 11.2. The SMILES string of the molecule is CCC(O)C(O)CCOc1ccc(C2=CC3C=CC(OCC(O)CCOC(C(C)C)C(C)C)=CC3OC2=O)cc1. The van der Waals surface area contributed by atoms with E-state index in [-0.39, 0.29) is 25.2 Å². The molecule has 40 heavy (non-hydrogen) atoms. The van der Waals surface area contributed by atoms with E-state index in [0.717, 1.165) is 5.56 Å². The van der Waals surface area contributed by atoms with Gasteiger partial charge in [0.15, 0.2) is 0 Å². The highest BCUT2D eigenvalue weighted by molar-refractivity contribution is 6.17. The fourth-order valence-electron chi connectivity index (χ4n) is 4.93. The van der Waals surface area contributed by atoms with Gasteiger partial charge < -0.3 is 34.3 Å². The number of rotatable bonds is 16. The van der Waals surface area contributed by atoms with Gasteiger partial charge in [-0.3, -0.25) is 0 Å². The number of carbonyl (C=O) groups is 1. The van der Waals surface area contributed by atoms with Gasteiger partial charge in [0.25, 0.3) is 0 Å². The first kappa shape index (κ1) is 31.9. The average molecular weight is 559 g/mol. The van der Waals surface area contributed by atoms with Gasteiger partial charge in [0.05, 0.1) is 36.6 Å². The zero-order chi connectivity index (χ0) is 29.2. The van der Waals surface area contributed by atoms with Crippen LogP contribution in [0.2, 0.25) is 0 Å². The fraction of sp³-hybridized carbons (Fsp3) is 0.594. The van der Waals surface area contributed by atoms with E-state index in [1.807, 2.05) is 25.2 Å². The first-order chi connectivity index (χ1) is 19.1. The van der Waals surface area contributed by atoms with Gasteiger partial charge in [0.1, 0.15) is 24.2 Å². The summed E-state index contributed by atoms with van der Waals surface area (Å²) in [6.07, 6.45) is 6.18. The number of esters is 1. The highest BCUT2D eigenvalue weighted by Gasteiger charge is 2.32. The summed E-state index contributed by atoms with van der Waals surface area (Å²) in [5.74, 6) is 1.46. The molecule has 8 nitrogen and oxygen atoms in total. The molecule has 0 aromatic heterocycles. The van der Waals surface area contributed by atoms with Crippen LogP contribution in [0.5, 0.6) is 5.75 Å². The molecule has 1 aromatic rings. The smallest absolute Gasteiger partial charge is 0.339 e. The van der Waals surface area contributed by atoms with E-state index in [1.165, 1.54) is 0 Å². The molecule has 0 saturated carbocycles. The van der Waals surface area contributed by atoms with Crippen LogP contribution in [-0.2, 0) is 19.0 Å². The van der Waals surface area contributed by atoms with Crippen molar-refractivity contribution in [2.45, 2.75) is 84.4 Å². The minimum Gasteiger partial charge on any atom is -0.493 e. The number of ether oxygens (including phenoxy) is 4. The Morgan fingerprint density at radius 2 is 1.60 bits per heavy atom. The average Bonchev–Trinajstić information content (AvgIpc) is 2.93. The predicted molar refractivity (Wildman–Crippen MR) is 153 cm³/mol. The Balaban J connectivity index is 1.48. The molecule has 3 N–H and O–H groups in total. The molecule has 3 rings (SSSR count). The quantitative estimate of drug-likeness (QED) is 0.255. The molecule has 1 aromatic carbocycles. The highest BCUT2D eigenvalue weighted by atomic mass is 16.5. The van der Waals surface area contributed by atoms with Crippen LogP contribution in [0.1, 0.15) is 59.4 Å². The van der Waals surface area contributed by atoms with Gasteiger partial charge in [-0.25, -0.2) is 4.79 Å². The van der Waals surface area contributed by atoms with Crippen LogP contribution in [0, 0.1) is 17.8 Å².